The van der Waals surface area contributed by atoms with Gasteiger partial charge in [-0.15, -0.1) is 11.3 Å². The Morgan fingerprint density at radius 1 is 1.47 bits per heavy atom. The molecule has 0 saturated carbocycles. The van der Waals surface area contributed by atoms with Crippen LogP contribution in [0.3, 0.4) is 0 Å². The number of carboxylic acid groups (broad SMARTS) is 1. The Morgan fingerprint density at radius 3 is 2.71 bits per heavy atom. The topological polar surface area (TPSA) is 95.5 Å². The van der Waals surface area contributed by atoms with Gasteiger partial charge in [-0.05, 0) is 18.4 Å². The van der Waals surface area contributed by atoms with Crippen molar-refractivity contribution in [3.05, 3.63) is 22.4 Å². The van der Waals surface area contributed by atoms with Crippen molar-refractivity contribution in [3.63, 3.8) is 0 Å². The maximum Gasteiger partial charge on any atom is 0.322 e. The molecular weight excluding hydrogens is 244 g/mol. The van der Waals surface area contributed by atoms with Crippen molar-refractivity contribution in [1.29, 1.82) is 0 Å². The van der Waals surface area contributed by atoms with Crippen LogP contribution in [0.15, 0.2) is 17.5 Å². The van der Waals surface area contributed by atoms with Gasteiger partial charge in [0.25, 0.3) is 5.91 Å². The average Bonchev–Trinajstić information content (AvgIpc) is 2.78. The molecule has 1 heterocycles. The number of hydrogen-bond donors (Lipinski definition) is 3. The zero-order valence-electron chi connectivity index (χ0n) is 9.10. The quantitative estimate of drug-likeness (QED) is 0.694. The van der Waals surface area contributed by atoms with Crippen LogP contribution in [0.5, 0.6) is 0 Å². The van der Waals surface area contributed by atoms with Gasteiger partial charge in [0.2, 0.25) is 5.91 Å². The maximum absolute atomic E-state index is 11.6. The fourth-order valence-electron chi connectivity index (χ4n) is 1.06. The van der Waals surface area contributed by atoms with Gasteiger partial charge in [-0.1, -0.05) is 6.07 Å². The van der Waals surface area contributed by atoms with Gasteiger partial charge in [-0.25, -0.2) is 0 Å². The summed E-state index contributed by atoms with van der Waals surface area (Å²) in [5, 5.41) is 14.8. The number of rotatable bonds is 5. The minimum Gasteiger partial charge on any atom is -0.480 e. The molecule has 3 N–H and O–H groups in total. The first-order chi connectivity index (χ1) is 8.00. The van der Waals surface area contributed by atoms with Crippen molar-refractivity contribution in [2.75, 3.05) is 6.54 Å². The zero-order valence-corrected chi connectivity index (χ0v) is 9.91. The molecule has 0 aliphatic heterocycles. The van der Waals surface area contributed by atoms with Gasteiger partial charge in [0.1, 0.15) is 12.6 Å². The first-order valence-electron chi connectivity index (χ1n) is 4.84. The molecule has 1 aromatic heterocycles. The smallest absolute Gasteiger partial charge is 0.322 e. The molecule has 0 aromatic carbocycles. The minimum absolute atomic E-state index is 0.349. The summed E-state index contributed by atoms with van der Waals surface area (Å²) in [6.45, 7) is 1.03. The van der Waals surface area contributed by atoms with Crippen LogP contribution in [0.4, 0.5) is 0 Å². The van der Waals surface area contributed by atoms with Crippen molar-refractivity contribution in [2.24, 2.45) is 0 Å². The Balaban J connectivity index is 2.43. The van der Waals surface area contributed by atoms with Crippen LogP contribution in [-0.4, -0.2) is 35.5 Å². The first-order valence-corrected chi connectivity index (χ1v) is 5.72. The van der Waals surface area contributed by atoms with Crippen LogP contribution in [0.1, 0.15) is 16.6 Å². The van der Waals surface area contributed by atoms with Crippen molar-refractivity contribution in [1.82, 2.24) is 10.6 Å². The number of aliphatic carboxylic acids is 1. The summed E-state index contributed by atoms with van der Waals surface area (Å²) in [5.74, 6) is -2.01. The van der Waals surface area contributed by atoms with Crippen LogP contribution in [-0.2, 0) is 9.59 Å². The Bertz CT molecular complexity index is 416. The number of carbonyl (C=O) groups is 3. The van der Waals surface area contributed by atoms with Crippen LogP contribution in [0.25, 0.3) is 0 Å². The molecule has 1 unspecified atom stereocenters. The predicted octanol–water partition coefficient (Wildman–Crippen LogP) is 0.0672. The Labute approximate surface area is 102 Å². The van der Waals surface area contributed by atoms with Crippen molar-refractivity contribution in [2.45, 2.75) is 13.0 Å². The highest BCUT2D eigenvalue weighted by atomic mass is 32.1. The lowest BCUT2D eigenvalue weighted by molar-refractivity contribution is -0.138. The van der Waals surface area contributed by atoms with E-state index in [1.165, 1.54) is 18.3 Å². The van der Waals surface area contributed by atoms with Gasteiger partial charge >= 0.3 is 5.97 Å². The van der Waals surface area contributed by atoms with Gasteiger partial charge in [0.05, 0.1) is 4.88 Å². The summed E-state index contributed by atoms with van der Waals surface area (Å²) in [4.78, 5) is 33.7. The fourth-order valence-corrected chi connectivity index (χ4v) is 1.68. The molecular formula is C10H12N2O4S. The Kier molecular flexibility index (Phi) is 4.65. The van der Waals surface area contributed by atoms with Crippen molar-refractivity contribution >= 4 is 29.1 Å². The molecule has 0 saturated heterocycles. The molecule has 0 fully saturated rings. The normalized spacial score (nSPS) is 11.6. The van der Waals surface area contributed by atoms with E-state index in [0.717, 1.165) is 0 Å². The lowest BCUT2D eigenvalue weighted by Gasteiger charge is -2.12. The maximum atomic E-state index is 11.6. The highest BCUT2D eigenvalue weighted by Gasteiger charge is 2.17. The van der Waals surface area contributed by atoms with Crippen LogP contribution in [0.2, 0.25) is 0 Å². The highest BCUT2D eigenvalue weighted by molar-refractivity contribution is 7.12. The second-order valence-corrected chi connectivity index (χ2v) is 4.23. The van der Waals surface area contributed by atoms with E-state index in [4.69, 9.17) is 5.11 Å². The molecule has 0 bridgehead atoms. The summed E-state index contributed by atoms with van der Waals surface area (Å²) in [7, 11) is 0. The second kappa shape index (κ2) is 6.00. The molecule has 0 spiro atoms. The molecule has 7 heteroatoms. The van der Waals surface area contributed by atoms with E-state index in [9.17, 15) is 14.4 Å². The summed E-state index contributed by atoms with van der Waals surface area (Å²) < 4.78 is 0. The summed E-state index contributed by atoms with van der Waals surface area (Å²) in [6, 6.07) is 2.60. The fraction of sp³-hybridized carbons (Fsp3) is 0.300. The van der Waals surface area contributed by atoms with Gasteiger partial charge in [0.15, 0.2) is 0 Å². The lowest BCUT2D eigenvalue weighted by atomic mass is 10.3. The molecule has 1 rings (SSSR count). The average molecular weight is 256 g/mol. The van der Waals surface area contributed by atoms with Gasteiger partial charge in [-0.2, -0.15) is 0 Å². The lowest BCUT2D eigenvalue weighted by Crippen LogP contribution is -2.45. The standard InChI is InChI=1S/C10H12N2O4S/c1-6(9(15)11-5-8(13)14)12-10(16)7-3-2-4-17-7/h2-4,6H,5H2,1H3,(H,11,15)(H,12,16)(H,13,14). The third kappa shape index (κ3) is 4.23. The molecule has 1 atom stereocenters. The third-order valence-corrected chi connectivity index (χ3v) is 2.77. The summed E-state index contributed by atoms with van der Waals surface area (Å²) in [5.41, 5.74) is 0. The Morgan fingerprint density at radius 2 is 2.18 bits per heavy atom. The second-order valence-electron chi connectivity index (χ2n) is 3.28. The number of amides is 2. The van der Waals surface area contributed by atoms with E-state index in [2.05, 4.69) is 10.6 Å². The summed E-state index contributed by atoms with van der Waals surface area (Å²) >= 11 is 1.27. The van der Waals surface area contributed by atoms with E-state index >= 15 is 0 Å². The van der Waals surface area contributed by atoms with E-state index in [-0.39, 0.29) is 5.91 Å². The van der Waals surface area contributed by atoms with Gasteiger partial charge in [-0.3, -0.25) is 14.4 Å². The van der Waals surface area contributed by atoms with E-state index in [0.29, 0.717) is 4.88 Å². The molecule has 1 aromatic rings. The van der Waals surface area contributed by atoms with Crippen molar-refractivity contribution in [3.8, 4) is 0 Å². The van der Waals surface area contributed by atoms with E-state index in [1.807, 2.05) is 0 Å². The first kappa shape index (κ1) is 13.2. The third-order valence-electron chi connectivity index (χ3n) is 1.90. The minimum atomic E-state index is -1.13. The highest BCUT2D eigenvalue weighted by Crippen LogP contribution is 2.07. The molecule has 0 radical (unpaired) electrons. The Hall–Kier alpha value is -1.89. The largest absolute Gasteiger partial charge is 0.480 e. The van der Waals surface area contributed by atoms with Crippen molar-refractivity contribution < 1.29 is 19.5 Å². The molecule has 0 aliphatic carbocycles. The predicted molar refractivity (Wildman–Crippen MR) is 61.9 cm³/mol. The van der Waals surface area contributed by atoms with E-state index in [1.54, 1.807) is 17.5 Å². The van der Waals surface area contributed by atoms with E-state index < -0.39 is 24.5 Å². The molecule has 0 aliphatic rings. The molecule has 6 nitrogen and oxygen atoms in total. The SMILES string of the molecule is CC(NC(=O)c1cccs1)C(=O)NCC(=O)O. The van der Waals surface area contributed by atoms with Crippen LogP contribution < -0.4 is 10.6 Å². The van der Waals surface area contributed by atoms with Gasteiger partial charge < -0.3 is 15.7 Å². The number of hydrogen-bond acceptors (Lipinski definition) is 4. The zero-order chi connectivity index (χ0) is 12.8. The number of nitrogens with one attached hydrogen (secondary N) is 2. The van der Waals surface area contributed by atoms with Crippen LogP contribution in [0, 0.1) is 0 Å². The summed E-state index contributed by atoms with van der Waals surface area (Å²) in [6.07, 6.45) is 0. The van der Waals surface area contributed by atoms with Gasteiger partial charge in [0, 0.05) is 0 Å². The molecule has 92 valence electrons. The molecule has 17 heavy (non-hydrogen) atoms. The number of carboxylic acids is 1. The number of carbonyl (C=O) groups excluding carboxylic acids is 2. The monoisotopic (exact) mass is 256 g/mol. The number of thiophene rings is 1. The molecule has 2 amide bonds. The van der Waals surface area contributed by atoms with Crippen LogP contribution >= 0.6 is 11.3 Å².